The summed E-state index contributed by atoms with van der Waals surface area (Å²) in [5.74, 6) is 8.63. The molecule has 35 heavy (non-hydrogen) atoms. The van der Waals surface area contributed by atoms with Gasteiger partial charge in [-0.1, -0.05) is 25.1 Å². The smallest absolute Gasteiger partial charge is 0.199 e. The van der Waals surface area contributed by atoms with E-state index in [1.807, 2.05) is 19.2 Å². The number of nitrogens with two attached hydrogens (primary N) is 1. The topological polar surface area (TPSA) is 68.0 Å². The molecule has 3 N–H and O–H groups in total. The van der Waals surface area contributed by atoms with Gasteiger partial charge in [0, 0.05) is 18.9 Å². The van der Waals surface area contributed by atoms with Gasteiger partial charge in [-0.05, 0) is 110 Å². The van der Waals surface area contributed by atoms with Gasteiger partial charge in [-0.15, -0.1) is 0 Å². The summed E-state index contributed by atoms with van der Waals surface area (Å²) < 4.78 is 12.0. The van der Waals surface area contributed by atoms with E-state index < -0.39 is 5.60 Å². The molecule has 2 aromatic rings. The minimum Gasteiger partial charge on any atom is -0.465 e. The summed E-state index contributed by atoms with van der Waals surface area (Å²) in [6.45, 7) is 3.17. The molecule has 6 atom stereocenters. The van der Waals surface area contributed by atoms with Crippen molar-refractivity contribution in [1.29, 1.82) is 0 Å². The van der Waals surface area contributed by atoms with Gasteiger partial charge in [0.15, 0.2) is 6.29 Å². The number of benzene rings is 2. The number of nitrogens with zero attached hydrogens (tertiary/aromatic N) is 1. The lowest BCUT2D eigenvalue weighted by Crippen LogP contribution is -2.49. The van der Waals surface area contributed by atoms with Gasteiger partial charge in [0.1, 0.15) is 5.75 Å². The van der Waals surface area contributed by atoms with E-state index in [0.29, 0.717) is 17.8 Å². The van der Waals surface area contributed by atoms with Gasteiger partial charge < -0.3 is 19.6 Å². The highest BCUT2D eigenvalue weighted by atomic mass is 16.7. The monoisotopic (exact) mass is 476 g/mol. The van der Waals surface area contributed by atoms with Crippen LogP contribution in [0.15, 0.2) is 42.5 Å². The van der Waals surface area contributed by atoms with Gasteiger partial charge >= 0.3 is 0 Å². The zero-order chi connectivity index (χ0) is 24.2. The third-order valence-electron chi connectivity index (χ3n) is 10.0. The van der Waals surface area contributed by atoms with Crippen LogP contribution in [0.1, 0.15) is 80.9 Å². The van der Waals surface area contributed by atoms with Crippen molar-refractivity contribution in [1.82, 2.24) is 0 Å². The summed E-state index contributed by atoms with van der Waals surface area (Å²) in [7, 11) is 1.84. The Kier molecular flexibility index (Phi) is 5.86. The summed E-state index contributed by atoms with van der Waals surface area (Å²) in [6, 6.07) is 15.0. The van der Waals surface area contributed by atoms with E-state index >= 15 is 0 Å². The molecule has 3 fully saturated rings. The number of ether oxygens (including phenoxy) is 2. The zero-order valence-electron chi connectivity index (χ0n) is 21.2. The van der Waals surface area contributed by atoms with Crippen molar-refractivity contribution in [3.63, 3.8) is 0 Å². The average molecular weight is 477 g/mol. The van der Waals surface area contributed by atoms with Crippen LogP contribution >= 0.6 is 0 Å². The number of fused-ring (bicyclic) bond motifs is 5. The number of hydrogen-bond acceptors (Lipinski definition) is 5. The first-order chi connectivity index (χ1) is 16.9. The lowest BCUT2D eigenvalue weighted by atomic mass is 9.52. The third-order valence-corrected chi connectivity index (χ3v) is 10.0. The summed E-state index contributed by atoms with van der Waals surface area (Å²) in [5, 5.41) is 13.8. The molecule has 0 amide bonds. The van der Waals surface area contributed by atoms with E-state index in [4.69, 9.17) is 15.3 Å². The Morgan fingerprint density at radius 1 is 1.03 bits per heavy atom. The Labute approximate surface area is 209 Å². The van der Waals surface area contributed by atoms with Crippen LogP contribution < -0.4 is 15.6 Å². The van der Waals surface area contributed by atoms with Gasteiger partial charge in [-0.25, -0.2) is 5.84 Å². The van der Waals surface area contributed by atoms with Gasteiger partial charge in [0.2, 0.25) is 0 Å². The van der Waals surface area contributed by atoms with Crippen LogP contribution in [0.4, 0.5) is 5.69 Å². The first-order valence-electron chi connectivity index (χ1n) is 13.6. The predicted molar refractivity (Wildman–Crippen MR) is 138 cm³/mol. The van der Waals surface area contributed by atoms with Crippen molar-refractivity contribution < 1.29 is 14.6 Å². The molecule has 5 nitrogen and oxygen atoms in total. The Hall–Kier alpha value is -2.08. The molecule has 2 saturated carbocycles. The summed E-state index contributed by atoms with van der Waals surface area (Å²) >= 11 is 0. The van der Waals surface area contributed by atoms with Crippen LogP contribution in [0.5, 0.6) is 5.75 Å². The summed E-state index contributed by atoms with van der Waals surface area (Å²) in [5.41, 5.74) is 4.12. The fourth-order valence-electron chi connectivity index (χ4n) is 8.05. The molecule has 1 heterocycles. The fraction of sp³-hybridized carbons (Fsp3) is 0.600. The van der Waals surface area contributed by atoms with Crippen LogP contribution in [-0.4, -0.2) is 25.1 Å². The quantitative estimate of drug-likeness (QED) is 0.441. The first kappa shape index (κ1) is 23.3. The lowest BCUT2D eigenvalue weighted by Gasteiger charge is -2.53. The van der Waals surface area contributed by atoms with E-state index in [0.717, 1.165) is 68.6 Å². The molecular formula is C30H40N2O3. The molecule has 0 spiro atoms. The van der Waals surface area contributed by atoms with E-state index in [1.54, 1.807) is 5.01 Å². The molecule has 5 heteroatoms. The standard InChI is InChI=1S/C30H40N2O3/c1-29-16-14-25-24-13-11-23(35-28-5-3-4-18-34-28)19-20(24)6-12-26(25)27(29)15-17-30(29,33)21-7-9-22(10-8-21)32(2)31/h7-11,13,19,25-28,33H,3-6,12,14-18,31H2,1-2H3/t25-,26-,27+,28?,29+,30-/m1/s1. The summed E-state index contributed by atoms with van der Waals surface area (Å²) in [4.78, 5) is 0. The SMILES string of the molecule is CN(N)c1ccc([C@]2(O)CC[C@H]3[C@@H]4CCc5cc(OC6CCCCO6)ccc5[C@H]4CC[C@@]32C)cc1. The summed E-state index contributed by atoms with van der Waals surface area (Å²) in [6.07, 6.45) is 9.65. The van der Waals surface area contributed by atoms with Crippen molar-refractivity contribution in [2.45, 2.75) is 82.5 Å². The number of hydrogen-bond donors (Lipinski definition) is 2. The largest absolute Gasteiger partial charge is 0.465 e. The molecule has 2 aromatic carbocycles. The molecule has 1 aliphatic heterocycles. The normalized spacial score (nSPS) is 36.1. The Morgan fingerprint density at radius 3 is 2.60 bits per heavy atom. The Bertz CT molecular complexity index is 1060. The van der Waals surface area contributed by atoms with Crippen LogP contribution in [0, 0.1) is 17.3 Å². The van der Waals surface area contributed by atoms with E-state index in [-0.39, 0.29) is 11.7 Å². The van der Waals surface area contributed by atoms with Crippen molar-refractivity contribution in [2.75, 3.05) is 18.7 Å². The van der Waals surface area contributed by atoms with Crippen molar-refractivity contribution in [3.05, 3.63) is 59.2 Å². The minimum atomic E-state index is -0.772. The maximum Gasteiger partial charge on any atom is 0.199 e. The Morgan fingerprint density at radius 2 is 1.86 bits per heavy atom. The molecule has 1 saturated heterocycles. The molecule has 4 aliphatic rings. The van der Waals surface area contributed by atoms with E-state index in [9.17, 15) is 5.11 Å². The highest BCUT2D eigenvalue weighted by Crippen LogP contribution is 2.67. The minimum absolute atomic E-state index is 0.0935. The lowest BCUT2D eigenvalue weighted by molar-refractivity contribution is -0.108. The first-order valence-corrected chi connectivity index (χ1v) is 13.6. The molecule has 1 unspecified atom stereocenters. The van der Waals surface area contributed by atoms with Crippen molar-refractivity contribution in [3.8, 4) is 5.75 Å². The second kappa shape index (κ2) is 8.79. The number of anilines is 1. The Balaban J connectivity index is 1.23. The molecule has 0 bridgehead atoms. The third kappa shape index (κ3) is 3.78. The second-order valence-electron chi connectivity index (χ2n) is 11.7. The van der Waals surface area contributed by atoms with E-state index in [2.05, 4.69) is 37.3 Å². The number of aryl methyl sites for hydroxylation is 1. The van der Waals surface area contributed by atoms with Crippen LogP contribution in [-0.2, 0) is 16.8 Å². The maximum atomic E-state index is 12.2. The molecule has 188 valence electrons. The van der Waals surface area contributed by atoms with Crippen molar-refractivity contribution >= 4 is 5.69 Å². The molecule has 0 radical (unpaired) electrons. The molecule has 0 aromatic heterocycles. The van der Waals surface area contributed by atoms with Gasteiger partial charge in [-0.3, -0.25) is 0 Å². The number of rotatable bonds is 4. The number of hydrazine groups is 1. The molecule has 3 aliphatic carbocycles. The van der Waals surface area contributed by atoms with Gasteiger partial charge in [0.05, 0.1) is 17.9 Å². The van der Waals surface area contributed by atoms with Crippen LogP contribution in [0.2, 0.25) is 0 Å². The van der Waals surface area contributed by atoms with Crippen molar-refractivity contribution in [2.24, 2.45) is 23.1 Å². The fourth-order valence-corrected chi connectivity index (χ4v) is 8.05. The second-order valence-corrected chi connectivity index (χ2v) is 11.7. The van der Waals surface area contributed by atoms with Gasteiger partial charge in [-0.2, -0.15) is 0 Å². The van der Waals surface area contributed by atoms with Crippen LogP contribution in [0.25, 0.3) is 0 Å². The highest BCUT2D eigenvalue weighted by Gasteiger charge is 2.62. The maximum absolute atomic E-state index is 12.2. The average Bonchev–Trinajstić information content (AvgIpc) is 3.16. The van der Waals surface area contributed by atoms with Crippen LogP contribution in [0.3, 0.4) is 0 Å². The van der Waals surface area contributed by atoms with E-state index in [1.165, 1.54) is 24.0 Å². The van der Waals surface area contributed by atoms with Gasteiger partial charge in [0.25, 0.3) is 0 Å². The molecular weight excluding hydrogens is 436 g/mol. The highest BCUT2D eigenvalue weighted by molar-refractivity contribution is 5.47. The predicted octanol–water partition coefficient (Wildman–Crippen LogP) is 5.65. The molecule has 6 rings (SSSR count). The zero-order valence-corrected chi connectivity index (χ0v) is 21.2. The number of aliphatic hydroxyl groups is 1.